The fraction of sp³-hybridized carbons (Fsp3) is 0.467. The minimum atomic E-state index is 0.252. The molecule has 0 amide bonds. The fourth-order valence-corrected chi connectivity index (χ4v) is 2.32. The van der Waals surface area contributed by atoms with Gasteiger partial charge in [0.25, 0.3) is 0 Å². The Bertz CT molecular complexity index is 521. The van der Waals surface area contributed by atoms with Crippen LogP contribution in [0.1, 0.15) is 37.2 Å². The van der Waals surface area contributed by atoms with Crippen LogP contribution in [0.3, 0.4) is 0 Å². The molecule has 0 aromatic carbocycles. The number of aryl methyl sites for hydroxylation is 2. The van der Waals surface area contributed by atoms with Gasteiger partial charge in [-0.15, -0.1) is 0 Å². The van der Waals surface area contributed by atoms with Crippen LogP contribution in [0.25, 0.3) is 0 Å². The van der Waals surface area contributed by atoms with Crippen molar-refractivity contribution < 1.29 is 0 Å². The van der Waals surface area contributed by atoms with E-state index in [9.17, 15) is 0 Å². The molecule has 0 fully saturated rings. The summed E-state index contributed by atoms with van der Waals surface area (Å²) >= 11 is 5.91. The van der Waals surface area contributed by atoms with Crippen LogP contribution in [0.5, 0.6) is 0 Å². The third-order valence-corrected chi connectivity index (χ3v) is 3.58. The summed E-state index contributed by atoms with van der Waals surface area (Å²) < 4.78 is 1.92. The molecule has 0 spiro atoms. The SMILES string of the molecule is CCCNC(CCc1ccnn1C)c1ccc(Cl)cn1. The van der Waals surface area contributed by atoms with Crippen molar-refractivity contribution in [1.29, 1.82) is 0 Å². The molecular weight excluding hydrogens is 272 g/mol. The summed E-state index contributed by atoms with van der Waals surface area (Å²) in [5.41, 5.74) is 2.28. The van der Waals surface area contributed by atoms with Crippen LogP contribution in [0.2, 0.25) is 5.02 Å². The molecule has 2 rings (SSSR count). The summed E-state index contributed by atoms with van der Waals surface area (Å²) in [5, 5.41) is 8.43. The standard InChI is InChI=1S/C15H21ClN4/c1-3-9-17-14(15-6-4-12(16)11-18-15)7-5-13-8-10-19-20(13)2/h4,6,8,10-11,14,17H,3,5,7,9H2,1-2H3. The van der Waals surface area contributed by atoms with Crippen LogP contribution in [-0.4, -0.2) is 21.3 Å². The van der Waals surface area contributed by atoms with Gasteiger partial charge in [-0.1, -0.05) is 18.5 Å². The third-order valence-electron chi connectivity index (χ3n) is 3.36. The summed E-state index contributed by atoms with van der Waals surface area (Å²) in [5.74, 6) is 0. The number of hydrogen-bond donors (Lipinski definition) is 1. The molecule has 0 aliphatic carbocycles. The van der Waals surface area contributed by atoms with Gasteiger partial charge in [0, 0.05) is 31.2 Å². The van der Waals surface area contributed by atoms with Crippen molar-refractivity contribution >= 4 is 11.6 Å². The Balaban J connectivity index is 2.03. The van der Waals surface area contributed by atoms with Gasteiger partial charge in [-0.05, 0) is 44.0 Å². The molecule has 0 aliphatic heterocycles. The lowest BCUT2D eigenvalue weighted by atomic mass is 10.1. The van der Waals surface area contributed by atoms with E-state index in [1.54, 1.807) is 6.20 Å². The average Bonchev–Trinajstić information content (AvgIpc) is 2.86. The first kappa shape index (κ1) is 15.0. The number of nitrogens with zero attached hydrogens (tertiary/aromatic N) is 3. The van der Waals surface area contributed by atoms with Crippen molar-refractivity contribution in [3.8, 4) is 0 Å². The van der Waals surface area contributed by atoms with Gasteiger partial charge in [-0.3, -0.25) is 9.67 Å². The van der Waals surface area contributed by atoms with E-state index in [1.807, 2.05) is 30.1 Å². The number of halogens is 1. The van der Waals surface area contributed by atoms with Crippen molar-refractivity contribution in [1.82, 2.24) is 20.1 Å². The lowest BCUT2D eigenvalue weighted by Gasteiger charge is -2.18. The van der Waals surface area contributed by atoms with Crippen molar-refractivity contribution in [2.75, 3.05) is 6.54 Å². The zero-order valence-electron chi connectivity index (χ0n) is 12.0. The molecule has 20 heavy (non-hydrogen) atoms. The molecule has 4 nitrogen and oxygen atoms in total. The van der Waals surface area contributed by atoms with Crippen molar-refractivity contribution in [2.45, 2.75) is 32.2 Å². The number of rotatable bonds is 7. The molecule has 1 atom stereocenters. The molecule has 2 heterocycles. The zero-order chi connectivity index (χ0) is 14.4. The molecule has 2 aromatic rings. The van der Waals surface area contributed by atoms with Gasteiger partial charge in [0.1, 0.15) is 0 Å². The van der Waals surface area contributed by atoms with E-state index < -0.39 is 0 Å². The predicted molar refractivity (Wildman–Crippen MR) is 81.8 cm³/mol. The fourth-order valence-electron chi connectivity index (χ4n) is 2.21. The second-order valence-corrected chi connectivity index (χ2v) is 5.33. The minimum Gasteiger partial charge on any atom is -0.309 e. The molecule has 2 aromatic heterocycles. The smallest absolute Gasteiger partial charge is 0.0589 e. The second-order valence-electron chi connectivity index (χ2n) is 4.89. The van der Waals surface area contributed by atoms with E-state index in [-0.39, 0.29) is 6.04 Å². The molecule has 0 aliphatic rings. The summed E-state index contributed by atoms with van der Waals surface area (Å²) in [6, 6.07) is 6.21. The quantitative estimate of drug-likeness (QED) is 0.852. The summed E-state index contributed by atoms with van der Waals surface area (Å²) in [4.78, 5) is 4.44. The number of pyridine rings is 1. The van der Waals surface area contributed by atoms with E-state index in [4.69, 9.17) is 11.6 Å². The Morgan fingerprint density at radius 2 is 2.20 bits per heavy atom. The zero-order valence-corrected chi connectivity index (χ0v) is 12.8. The number of hydrogen-bond acceptors (Lipinski definition) is 3. The molecule has 1 N–H and O–H groups in total. The third kappa shape index (κ3) is 4.05. The highest BCUT2D eigenvalue weighted by Gasteiger charge is 2.13. The number of nitrogens with one attached hydrogen (secondary N) is 1. The first-order chi connectivity index (χ1) is 9.70. The maximum Gasteiger partial charge on any atom is 0.0589 e. The summed E-state index contributed by atoms with van der Waals surface area (Å²) in [6.45, 7) is 3.15. The molecule has 0 bridgehead atoms. The highest BCUT2D eigenvalue weighted by Crippen LogP contribution is 2.19. The lowest BCUT2D eigenvalue weighted by molar-refractivity contribution is 0.482. The Kier molecular flexibility index (Phi) is 5.56. The van der Waals surface area contributed by atoms with Crippen molar-refractivity contribution in [3.05, 3.63) is 47.0 Å². The summed E-state index contributed by atoms with van der Waals surface area (Å²) in [7, 11) is 1.98. The van der Waals surface area contributed by atoms with Gasteiger partial charge in [0.15, 0.2) is 0 Å². The van der Waals surface area contributed by atoms with Crippen LogP contribution in [0, 0.1) is 0 Å². The minimum absolute atomic E-state index is 0.252. The largest absolute Gasteiger partial charge is 0.309 e. The molecule has 0 saturated heterocycles. The van der Waals surface area contributed by atoms with Gasteiger partial charge >= 0.3 is 0 Å². The van der Waals surface area contributed by atoms with Gasteiger partial charge < -0.3 is 5.32 Å². The predicted octanol–water partition coefficient (Wildman–Crippen LogP) is 3.14. The molecule has 0 saturated carbocycles. The van der Waals surface area contributed by atoms with Gasteiger partial charge in [-0.2, -0.15) is 5.10 Å². The van der Waals surface area contributed by atoms with Crippen LogP contribution < -0.4 is 5.32 Å². The summed E-state index contributed by atoms with van der Waals surface area (Å²) in [6.07, 6.45) is 6.62. The first-order valence-corrected chi connectivity index (χ1v) is 7.40. The monoisotopic (exact) mass is 292 g/mol. The van der Waals surface area contributed by atoms with Crippen LogP contribution >= 0.6 is 11.6 Å². The van der Waals surface area contributed by atoms with Crippen LogP contribution in [0.15, 0.2) is 30.6 Å². The van der Waals surface area contributed by atoms with E-state index >= 15 is 0 Å². The second kappa shape index (κ2) is 7.41. The van der Waals surface area contributed by atoms with Gasteiger partial charge in [0.05, 0.1) is 10.7 Å². The van der Waals surface area contributed by atoms with Crippen molar-refractivity contribution in [2.24, 2.45) is 7.05 Å². The molecule has 108 valence electrons. The topological polar surface area (TPSA) is 42.7 Å². The molecule has 1 unspecified atom stereocenters. The van der Waals surface area contributed by atoms with Crippen LogP contribution in [0.4, 0.5) is 0 Å². The highest BCUT2D eigenvalue weighted by molar-refractivity contribution is 6.30. The van der Waals surface area contributed by atoms with Crippen LogP contribution in [-0.2, 0) is 13.5 Å². The Hall–Kier alpha value is -1.39. The average molecular weight is 293 g/mol. The Labute approximate surface area is 125 Å². The highest BCUT2D eigenvalue weighted by atomic mass is 35.5. The van der Waals surface area contributed by atoms with Gasteiger partial charge in [0.2, 0.25) is 0 Å². The van der Waals surface area contributed by atoms with E-state index in [1.165, 1.54) is 5.69 Å². The normalized spacial score (nSPS) is 12.6. The molecular formula is C15H21ClN4. The maximum atomic E-state index is 5.91. The lowest BCUT2D eigenvalue weighted by Crippen LogP contribution is -2.23. The molecule has 5 heteroatoms. The van der Waals surface area contributed by atoms with E-state index in [2.05, 4.69) is 28.4 Å². The van der Waals surface area contributed by atoms with Gasteiger partial charge in [-0.25, -0.2) is 0 Å². The van der Waals surface area contributed by atoms with Crippen molar-refractivity contribution in [3.63, 3.8) is 0 Å². The number of aromatic nitrogens is 3. The maximum absolute atomic E-state index is 5.91. The Morgan fingerprint density at radius 3 is 2.80 bits per heavy atom. The van der Waals surface area contributed by atoms with E-state index in [0.29, 0.717) is 5.02 Å². The Morgan fingerprint density at radius 1 is 1.35 bits per heavy atom. The van der Waals surface area contributed by atoms with E-state index in [0.717, 1.165) is 31.5 Å². The first-order valence-electron chi connectivity index (χ1n) is 7.02. The molecule has 0 radical (unpaired) electrons.